The van der Waals surface area contributed by atoms with Gasteiger partial charge in [0.2, 0.25) is 30.1 Å². The quantitative estimate of drug-likeness (QED) is 0.00985. The first kappa shape index (κ1) is 82.6. The van der Waals surface area contributed by atoms with Gasteiger partial charge in [0.05, 0.1) is 42.0 Å². The Bertz CT molecular complexity index is 5930. The summed E-state index contributed by atoms with van der Waals surface area (Å²) in [4.78, 5) is 49.9. The van der Waals surface area contributed by atoms with E-state index in [1.807, 2.05) is 0 Å². The molecule has 36 heteroatoms. The number of primary sulfonamides is 3. The van der Waals surface area contributed by atoms with Crippen molar-refractivity contribution in [2.45, 2.75) is 14.7 Å². The van der Waals surface area contributed by atoms with Gasteiger partial charge in [0, 0.05) is 66.4 Å². The smallest absolute Gasteiger partial charge is 0.270 e. The van der Waals surface area contributed by atoms with E-state index in [4.69, 9.17) is 74.1 Å². The van der Waals surface area contributed by atoms with Crippen molar-refractivity contribution in [3.63, 3.8) is 0 Å². The summed E-state index contributed by atoms with van der Waals surface area (Å²) >= 11 is 9.52. The van der Waals surface area contributed by atoms with Crippen LogP contribution in [0.2, 0.25) is 5.02 Å². The van der Waals surface area contributed by atoms with Crippen molar-refractivity contribution < 1.29 is 78.8 Å². The zero-order valence-corrected chi connectivity index (χ0v) is 63.4. The van der Waals surface area contributed by atoms with Gasteiger partial charge in [-0.1, -0.05) is 164 Å². The SMILES string of the molecule is NC(=NO)c1cccc(Oc2ccc(Br)cc2C(=O)Nc2ccc(-c3ccccc3S(N)(=O)=O)cc2)c1.NC(=NO)c1cccc(Oc2ccc(Cl)cc2C(=O)Nc2ccc(-c3ccccc3S(N)(=O)=O)cc2)c1.NC(=NO)c1cccc(Oc2ccc([N+](=O)[O-])cc2C(=O)Nc2ccc(-c3ccccc3S(N)(=O)=O)cc2F)c1. The van der Waals surface area contributed by atoms with Gasteiger partial charge in [0.1, 0.15) is 40.3 Å². The number of sulfonamides is 3. The third kappa shape index (κ3) is 21.1. The second kappa shape index (κ2) is 36.3. The lowest BCUT2D eigenvalue weighted by Gasteiger charge is -2.13. The average molecular weight is 1680 g/mol. The third-order valence-electron chi connectivity index (χ3n) is 16.2. The Balaban J connectivity index is 0.000000181. The number of anilines is 3. The monoisotopic (exact) mass is 1680 g/mol. The normalized spacial score (nSPS) is 11.6. The first-order valence-corrected chi connectivity index (χ1v) is 38.6. The zero-order chi connectivity index (χ0) is 82.2. The van der Waals surface area contributed by atoms with Crippen molar-refractivity contribution in [3.8, 4) is 67.9 Å². The fourth-order valence-corrected chi connectivity index (χ4v) is 13.7. The second-order valence-corrected chi connectivity index (χ2v) is 29.8. The molecule has 12 rings (SSSR count). The van der Waals surface area contributed by atoms with Crippen LogP contribution in [0.4, 0.5) is 27.1 Å². The number of nitrogens with zero attached hydrogens (tertiary/aromatic N) is 4. The average Bonchev–Trinajstić information content (AvgIpc) is 0.870. The molecular weight excluding hydrogens is 1620 g/mol. The van der Waals surface area contributed by atoms with E-state index in [9.17, 15) is 49.8 Å². The highest BCUT2D eigenvalue weighted by atomic mass is 79.9. The maximum absolute atomic E-state index is 15.1. The van der Waals surface area contributed by atoms with E-state index in [1.165, 1.54) is 66.7 Å². The number of halogens is 3. The van der Waals surface area contributed by atoms with Crippen molar-refractivity contribution >= 4 is 116 Å². The molecule has 18 N–H and O–H groups in total. The highest BCUT2D eigenvalue weighted by Gasteiger charge is 2.25. The van der Waals surface area contributed by atoms with Crippen molar-refractivity contribution in [1.82, 2.24) is 0 Å². The molecule has 0 aliphatic heterocycles. The number of hydrogen-bond acceptors (Lipinski definition) is 20. The maximum Gasteiger partial charge on any atom is 0.270 e. The number of nitrogens with one attached hydrogen (secondary N) is 3. The number of carbonyl (C=O) groups is 3. The molecule has 0 bridgehead atoms. The molecule has 0 saturated carbocycles. The molecule has 0 spiro atoms. The molecule has 0 saturated heterocycles. The van der Waals surface area contributed by atoms with Crippen molar-refractivity contribution in [1.29, 1.82) is 0 Å². The third-order valence-corrected chi connectivity index (χ3v) is 19.8. The minimum absolute atomic E-state index is 0.00332. The lowest BCUT2D eigenvalue weighted by Crippen LogP contribution is -2.15. The molecule has 3 amide bonds. The number of carbonyl (C=O) groups excluding carboxylic acids is 3. The number of amides is 3. The first-order chi connectivity index (χ1) is 54.3. The van der Waals surface area contributed by atoms with Gasteiger partial charge in [-0.25, -0.2) is 45.1 Å². The standard InChI is InChI=1S/C26H21BrN4O5S.C26H21ClN4O5S.C26H20FN5O7S/c2*27-18-10-13-23(36-20-5-3-4-17(14-20)25(28)31-33)22(15-18)26(32)30-19-11-8-16(9-12-19)21-6-1-2-7-24(21)37(29,34)35;27-21-13-15(19-6-1-2-7-24(19)40(29,37)38)8-10-22(21)30-26(33)20-14-17(32(35)36)9-11-23(20)39-18-5-3-4-16(12-18)25(28)31-34/h2*1-15,33H,(H2,28,31)(H,30,32)(H2,29,34,35);1-14,34H,(H2,28,31)(H,30,33)(H2,29,37,38). The fraction of sp³-hybridized carbons (Fsp3) is 0. The molecule has 0 heterocycles. The van der Waals surface area contributed by atoms with E-state index < -0.39 is 64.2 Å². The number of nitro groups is 1. The molecule has 12 aromatic rings. The largest absolute Gasteiger partial charge is 0.457 e. The van der Waals surface area contributed by atoms with Crippen LogP contribution in [-0.2, 0) is 30.1 Å². The zero-order valence-electron chi connectivity index (χ0n) is 58.6. The molecule has 0 fully saturated rings. The molecule has 30 nitrogen and oxygen atoms in total. The Morgan fingerprint density at radius 1 is 0.421 bits per heavy atom. The molecule has 12 aromatic carbocycles. The summed E-state index contributed by atoms with van der Waals surface area (Å²) in [7, 11) is -11.9. The molecule has 114 heavy (non-hydrogen) atoms. The van der Waals surface area contributed by atoms with Crippen LogP contribution in [0.15, 0.2) is 302 Å². The highest BCUT2D eigenvalue weighted by molar-refractivity contribution is 9.10. The Morgan fingerprint density at radius 2 is 0.772 bits per heavy atom. The second-order valence-electron chi connectivity index (χ2n) is 23.9. The van der Waals surface area contributed by atoms with Gasteiger partial charge in [0.15, 0.2) is 17.5 Å². The van der Waals surface area contributed by atoms with Crippen LogP contribution in [0, 0.1) is 15.9 Å². The number of nitrogens with two attached hydrogens (primary N) is 6. The van der Waals surface area contributed by atoms with Gasteiger partial charge in [0.25, 0.3) is 23.4 Å². The van der Waals surface area contributed by atoms with Crippen molar-refractivity contribution in [3.05, 3.63) is 326 Å². The molecule has 0 atom stereocenters. The van der Waals surface area contributed by atoms with E-state index in [-0.39, 0.29) is 88.7 Å². The van der Waals surface area contributed by atoms with E-state index in [2.05, 4.69) is 47.3 Å². The van der Waals surface area contributed by atoms with Crippen LogP contribution in [0.5, 0.6) is 34.5 Å². The maximum atomic E-state index is 15.1. The van der Waals surface area contributed by atoms with Crippen LogP contribution < -0.4 is 62.8 Å². The minimum Gasteiger partial charge on any atom is -0.457 e. The van der Waals surface area contributed by atoms with E-state index in [0.29, 0.717) is 71.3 Å². The molecule has 0 aliphatic rings. The number of oxime groups is 3. The number of benzene rings is 12. The van der Waals surface area contributed by atoms with Gasteiger partial charge in [-0.15, -0.1) is 0 Å². The number of rotatable bonds is 22. The summed E-state index contributed by atoms with van der Waals surface area (Å²) in [6.45, 7) is 0. The summed E-state index contributed by atoms with van der Waals surface area (Å²) in [6, 6.07) is 67.5. The van der Waals surface area contributed by atoms with Crippen LogP contribution >= 0.6 is 27.5 Å². The summed E-state index contributed by atoms with van der Waals surface area (Å²) in [5.74, 6) is -1.77. The van der Waals surface area contributed by atoms with Gasteiger partial charge >= 0.3 is 0 Å². The van der Waals surface area contributed by atoms with Crippen LogP contribution in [0.1, 0.15) is 47.8 Å². The molecule has 580 valence electrons. The van der Waals surface area contributed by atoms with Gasteiger partial charge in [-0.3, -0.25) is 24.5 Å². The number of hydrogen-bond donors (Lipinski definition) is 12. The predicted molar refractivity (Wildman–Crippen MR) is 429 cm³/mol. The Hall–Kier alpha value is -13.9. The molecular formula is C78H62BrClFN13O17S3. The molecule has 0 aliphatic carbocycles. The lowest BCUT2D eigenvalue weighted by atomic mass is 10.0. The summed E-state index contributed by atoms with van der Waals surface area (Å²) in [5, 5.41) is 71.2. The van der Waals surface area contributed by atoms with Gasteiger partial charge < -0.3 is 63.0 Å². The molecule has 0 aromatic heterocycles. The van der Waals surface area contributed by atoms with Crippen LogP contribution in [0.25, 0.3) is 33.4 Å². The summed E-state index contributed by atoms with van der Waals surface area (Å²) < 4.78 is 105. The molecule has 0 radical (unpaired) electrons. The Labute approximate surface area is 662 Å². The number of ether oxygens (including phenoxy) is 3. The Kier molecular flexibility index (Phi) is 26.3. The molecule has 0 unspecified atom stereocenters. The number of non-ortho nitro benzene ring substituents is 1. The summed E-state index contributed by atoms with van der Waals surface area (Å²) in [6.07, 6.45) is 0. The van der Waals surface area contributed by atoms with E-state index in [0.717, 1.165) is 18.2 Å². The fourth-order valence-electron chi connectivity index (χ4n) is 10.8. The first-order valence-electron chi connectivity index (χ1n) is 32.7. The van der Waals surface area contributed by atoms with Gasteiger partial charge in [-0.05, 0) is 150 Å². The number of amidine groups is 3. The number of nitro benzene ring substituents is 1. The van der Waals surface area contributed by atoms with Crippen LogP contribution in [0.3, 0.4) is 0 Å². The van der Waals surface area contributed by atoms with Crippen LogP contribution in [-0.4, -0.2) is 81.0 Å². The van der Waals surface area contributed by atoms with Crippen molar-refractivity contribution in [2.75, 3.05) is 16.0 Å². The van der Waals surface area contributed by atoms with Crippen molar-refractivity contribution in [2.24, 2.45) is 48.1 Å². The van der Waals surface area contributed by atoms with E-state index >= 15 is 4.39 Å². The Morgan fingerprint density at radius 3 is 1.16 bits per heavy atom. The minimum atomic E-state index is -4.10. The summed E-state index contributed by atoms with van der Waals surface area (Å²) in [5.41, 5.74) is 21.0. The van der Waals surface area contributed by atoms with Gasteiger partial charge in [-0.2, -0.15) is 0 Å². The van der Waals surface area contributed by atoms with E-state index in [1.54, 1.807) is 182 Å². The topological polar surface area (TPSA) is 514 Å². The highest BCUT2D eigenvalue weighted by Crippen LogP contribution is 2.37. The lowest BCUT2D eigenvalue weighted by molar-refractivity contribution is -0.384. The predicted octanol–water partition coefficient (Wildman–Crippen LogP) is 13.9.